The third-order valence-corrected chi connectivity index (χ3v) is 7.21. The van der Waals surface area contributed by atoms with E-state index in [1.807, 2.05) is 39.8 Å². The number of ether oxygens (including phenoxy) is 1. The van der Waals surface area contributed by atoms with E-state index in [1.165, 1.54) is 6.42 Å². The summed E-state index contributed by atoms with van der Waals surface area (Å²) in [6.45, 7) is 16.0. The number of hydrogen-bond acceptors (Lipinski definition) is 4. The van der Waals surface area contributed by atoms with E-state index in [0.29, 0.717) is 13.0 Å². The summed E-state index contributed by atoms with van der Waals surface area (Å²) in [5.41, 5.74) is 2.24. The molecular weight excluding hydrogens is 490 g/mol. The second kappa shape index (κ2) is 15.3. The summed E-state index contributed by atoms with van der Waals surface area (Å²) in [4.78, 5) is 42.9. The van der Waals surface area contributed by atoms with Crippen LogP contribution >= 0.6 is 0 Å². The fourth-order valence-electron chi connectivity index (χ4n) is 5.35. The van der Waals surface area contributed by atoms with Crippen LogP contribution in [-0.4, -0.2) is 47.0 Å². The molecule has 1 aromatic carbocycles. The Balaban J connectivity index is 2.51. The first-order valence-corrected chi connectivity index (χ1v) is 15.0. The van der Waals surface area contributed by atoms with Crippen molar-refractivity contribution < 1.29 is 19.1 Å². The van der Waals surface area contributed by atoms with E-state index < -0.39 is 23.8 Å². The van der Waals surface area contributed by atoms with Crippen molar-refractivity contribution in [3.05, 3.63) is 34.9 Å². The zero-order valence-corrected chi connectivity index (χ0v) is 25.7. The Morgan fingerprint density at radius 3 is 2.28 bits per heavy atom. The highest BCUT2D eigenvalue weighted by Crippen LogP contribution is 2.29. The Hall–Kier alpha value is -2.57. The van der Waals surface area contributed by atoms with Crippen LogP contribution in [0.15, 0.2) is 18.2 Å². The molecule has 2 N–H and O–H groups in total. The van der Waals surface area contributed by atoms with Crippen molar-refractivity contribution in [2.75, 3.05) is 6.54 Å². The number of rotatable bonds is 12. The molecule has 0 bridgehead atoms. The van der Waals surface area contributed by atoms with Crippen LogP contribution in [0.5, 0.6) is 0 Å². The lowest BCUT2D eigenvalue weighted by atomic mass is 9.92. The van der Waals surface area contributed by atoms with Crippen LogP contribution < -0.4 is 10.6 Å². The van der Waals surface area contributed by atoms with Crippen molar-refractivity contribution in [1.82, 2.24) is 15.5 Å². The van der Waals surface area contributed by atoms with Gasteiger partial charge in [-0.1, -0.05) is 76.6 Å². The molecule has 1 aliphatic carbocycles. The molecule has 7 nitrogen and oxygen atoms in total. The Bertz CT molecular complexity index is 947. The lowest BCUT2D eigenvalue weighted by Gasteiger charge is -2.36. The molecule has 0 heterocycles. The summed E-state index contributed by atoms with van der Waals surface area (Å²) in [6.07, 6.45) is 7.89. The van der Waals surface area contributed by atoms with Gasteiger partial charge in [-0.2, -0.15) is 0 Å². The van der Waals surface area contributed by atoms with Crippen LogP contribution in [0.1, 0.15) is 122 Å². The summed E-state index contributed by atoms with van der Waals surface area (Å²) < 4.78 is 5.50. The van der Waals surface area contributed by atoms with E-state index in [2.05, 4.69) is 23.6 Å². The van der Waals surface area contributed by atoms with Gasteiger partial charge in [0.05, 0.1) is 0 Å². The molecule has 2 rings (SSSR count). The second-order valence-electron chi connectivity index (χ2n) is 12.7. The molecule has 0 saturated heterocycles. The maximum absolute atomic E-state index is 14.3. The molecule has 1 aromatic rings. The number of nitrogens with zero attached hydrogens (tertiary/aromatic N) is 1. The van der Waals surface area contributed by atoms with Gasteiger partial charge in [-0.25, -0.2) is 4.79 Å². The van der Waals surface area contributed by atoms with Gasteiger partial charge in [0.2, 0.25) is 11.8 Å². The molecule has 0 radical (unpaired) electrons. The Morgan fingerprint density at radius 1 is 1.05 bits per heavy atom. The fraction of sp³-hybridized carbons (Fsp3) is 0.719. The first kappa shape index (κ1) is 32.6. The number of aryl methyl sites for hydroxylation is 2. The molecule has 0 aromatic heterocycles. The van der Waals surface area contributed by atoms with Crippen LogP contribution in [0, 0.1) is 19.8 Å². The van der Waals surface area contributed by atoms with Crippen molar-refractivity contribution in [2.24, 2.45) is 5.92 Å². The molecule has 39 heavy (non-hydrogen) atoms. The van der Waals surface area contributed by atoms with Crippen LogP contribution in [0.3, 0.4) is 0 Å². The van der Waals surface area contributed by atoms with Crippen molar-refractivity contribution >= 4 is 17.9 Å². The van der Waals surface area contributed by atoms with Crippen LogP contribution in [0.4, 0.5) is 4.79 Å². The quantitative estimate of drug-likeness (QED) is 0.285. The van der Waals surface area contributed by atoms with Gasteiger partial charge in [0.1, 0.15) is 17.7 Å². The van der Waals surface area contributed by atoms with E-state index >= 15 is 0 Å². The fourth-order valence-corrected chi connectivity index (χ4v) is 5.35. The van der Waals surface area contributed by atoms with E-state index in [1.54, 1.807) is 25.7 Å². The van der Waals surface area contributed by atoms with Gasteiger partial charge in [-0.15, -0.1) is 0 Å². The Morgan fingerprint density at radius 2 is 1.72 bits per heavy atom. The van der Waals surface area contributed by atoms with Gasteiger partial charge in [0.15, 0.2) is 0 Å². The molecule has 220 valence electrons. The van der Waals surface area contributed by atoms with Crippen molar-refractivity contribution in [3.8, 4) is 0 Å². The number of unbranched alkanes of at least 4 members (excludes halogenated alkanes) is 2. The highest BCUT2D eigenvalue weighted by atomic mass is 16.6. The maximum atomic E-state index is 14.3. The van der Waals surface area contributed by atoms with Gasteiger partial charge < -0.3 is 20.3 Å². The molecule has 0 spiro atoms. The molecule has 2 unspecified atom stereocenters. The number of nitrogens with one attached hydrogen (secondary N) is 2. The third kappa shape index (κ3) is 10.8. The second-order valence-corrected chi connectivity index (χ2v) is 12.7. The van der Waals surface area contributed by atoms with Gasteiger partial charge >= 0.3 is 6.09 Å². The number of carbonyl (C=O) groups is 3. The standard InChI is InChI=1S/C32H53N3O4/c1-9-10-14-19-35(30(37)27(20-22(2)3)34-31(38)39-32(6,7)8)28(26-18-17-23(4)21-24(26)5)29(36)33-25-15-12-11-13-16-25/h17-18,21-22,25,27-28H,9-16,19-20H2,1-8H3,(H,33,36)(H,34,38). The largest absolute Gasteiger partial charge is 0.444 e. The number of benzene rings is 1. The lowest BCUT2D eigenvalue weighted by molar-refractivity contribution is -0.143. The highest BCUT2D eigenvalue weighted by molar-refractivity contribution is 5.92. The zero-order chi connectivity index (χ0) is 29.2. The molecule has 3 amide bonds. The predicted molar refractivity (Wildman–Crippen MR) is 158 cm³/mol. The van der Waals surface area contributed by atoms with Crippen LogP contribution in [0.2, 0.25) is 0 Å². The lowest BCUT2D eigenvalue weighted by Crippen LogP contribution is -2.54. The molecule has 2 atom stereocenters. The predicted octanol–water partition coefficient (Wildman–Crippen LogP) is 6.75. The molecule has 1 fully saturated rings. The van der Waals surface area contributed by atoms with Crippen LogP contribution in [0.25, 0.3) is 0 Å². The summed E-state index contributed by atoms with van der Waals surface area (Å²) in [5, 5.41) is 6.13. The van der Waals surface area contributed by atoms with Crippen LogP contribution in [-0.2, 0) is 14.3 Å². The normalized spacial score (nSPS) is 15.9. The first-order valence-electron chi connectivity index (χ1n) is 15.0. The summed E-state index contributed by atoms with van der Waals surface area (Å²) in [7, 11) is 0. The smallest absolute Gasteiger partial charge is 0.408 e. The van der Waals surface area contributed by atoms with Gasteiger partial charge in [0, 0.05) is 12.6 Å². The molecule has 7 heteroatoms. The Kier molecular flexibility index (Phi) is 12.8. The average molecular weight is 544 g/mol. The van der Waals surface area contributed by atoms with E-state index in [4.69, 9.17) is 4.74 Å². The highest BCUT2D eigenvalue weighted by Gasteiger charge is 2.37. The minimum atomic E-state index is -0.794. The first-order chi connectivity index (χ1) is 18.3. The van der Waals surface area contributed by atoms with Crippen molar-refractivity contribution in [2.45, 2.75) is 137 Å². The minimum absolute atomic E-state index is 0.124. The van der Waals surface area contributed by atoms with Crippen molar-refractivity contribution in [3.63, 3.8) is 0 Å². The molecule has 1 aliphatic rings. The monoisotopic (exact) mass is 543 g/mol. The number of amides is 3. The topological polar surface area (TPSA) is 87.7 Å². The van der Waals surface area contributed by atoms with E-state index in [0.717, 1.165) is 61.6 Å². The minimum Gasteiger partial charge on any atom is -0.444 e. The number of hydrogen-bond donors (Lipinski definition) is 2. The van der Waals surface area contributed by atoms with Crippen molar-refractivity contribution in [1.29, 1.82) is 0 Å². The summed E-state index contributed by atoms with van der Waals surface area (Å²) in [5.74, 6) is -0.226. The number of alkyl carbamates (subject to hydrolysis) is 1. The molecular formula is C32H53N3O4. The Labute approximate surface area is 236 Å². The maximum Gasteiger partial charge on any atom is 0.408 e. The molecule has 1 saturated carbocycles. The summed E-state index contributed by atoms with van der Waals surface area (Å²) >= 11 is 0. The third-order valence-electron chi connectivity index (χ3n) is 7.21. The van der Waals surface area contributed by atoms with E-state index in [9.17, 15) is 14.4 Å². The number of carbonyl (C=O) groups excluding carboxylic acids is 3. The molecule has 0 aliphatic heterocycles. The van der Waals surface area contributed by atoms with Gasteiger partial charge in [0.25, 0.3) is 0 Å². The summed E-state index contributed by atoms with van der Waals surface area (Å²) in [6, 6.07) is 4.61. The van der Waals surface area contributed by atoms with E-state index in [-0.39, 0.29) is 23.8 Å². The SMILES string of the molecule is CCCCCN(C(=O)C(CC(C)C)NC(=O)OC(C)(C)C)C(C(=O)NC1CCCCC1)c1ccc(C)cc1C. The zero-order valence-electron chi connectivity index (χ0n) is 25.7. The average Bonchev–Trinajstić information content (AvgIpc) is 2.83. The van der Waals surface area contributed by atoms with Gasteiger partial charge in [-0.3, -0.25) is 9.59 Å². The van der Waals surface area contributed by atoms with Gasteiger partial charge in [-0.05, 0) is 77.3 Å².